The number of aliphatic hydroxyl groups is 4. The van der Waals surface area contributed by atoms with Gasteiger partial charge in [-0.3, -0.25) is 19.3 Å². The van der Waals surface area contributed by atoms with Gasteiger partial charge < -0.3 is 36.0 Å². The molecule has 1 aromatic carbocycles. The Hall–Kier alpha value is -3.41. The molecule has 4 rings (SSSR count). The number of nitrogens with zero attached hydrogens (tertiary/aromatic N) is 1. The maximum atomic E-state index is 14.1. The van der Waals surface area contributed by atoms with E-state index in [0.29, 0.717) is 16.9 Å². The SMILES string of the molecule is COc1cc(C(C)(C)C)c(O)c2c1[C@@H](C)[C@H]1C(=C2O)C(=O)[C@@]2(O)C(O)=C(C(N)=O)C(=O)[C@H](N(C)C)[C@H]2[C@@H]1O. The highest BCUT2D eigenvalue weighted by molar-refractivity contribution is 6.24. The number of likely N-dealkylation sites (N-methyl/N-ethyl adjacent to an activating group) is 1. The molecule has 11 heteroatoms. The first kappa shape index (κ1) is 27.6. The van der Waals surface area contributed by atoms with Crippen LogP contribution in [0.3, 0.4) is 0 Å². The largest absolute Gasteiger partial charge is 0.508 e. The second kappa shape index (κ2) is 8.55. The Morgan fingerprint density at radius 2 is 1.74 bits per heavy atom. The molecule has 11 nitrogen and oxygen atoms in total. The van der Waals surface area contributed by atoms with Crippen LogP contribution in [0.5, 0.6) is 11.5 Å². The van der Waals surface area contributed by atoms with Gasteiger partial charge in [0.2, 0.25) is 5.78 Å². The molecule has 0 unspecified atom stereocenters. The number of hydrogen-bond donors (Lipinski definition) is 6. The van der Waals surface area contributed by atoms with Crippen LogP contribution in [-0.2, 0) is 19.8 Å². The van der Waals surface area contributed by atoms with Gasteiger partial charge in [0, 0.05) is 22.6 Å². The molecule has 0 saturated heterocycles. The third-order valence-electron chi connectivity index (χ3n) is 8.21. The van der Waals surface area contributed by atoms with E-state index in [1.165, 1.54) is 26.1 Å². The minimum Gasteiger partial charge on any atom is -0.508 e. The van der Waals surface area contributed by atoms with Gasteiger partial charge >= 0.3 is 0 Å². The van der Waals surface area contributed by atoms with Crippen LogP contribution >= 0.6 is 0 Å². The van der Waals surface area contributed by atoms with Crippen LogP contribution in [0.1, 0.15) is 50.3 Å². The van der Waals surface area contributed by atoms with Crippen LogP contribution in [0.4, 0.5) is 0 Å². The number of carbonyl (C=O) groups is 3. The van der Waals surface area contributed by atoms with E-state index in [2.05, 4.69) is 0 Å². The van der Waals surface area contributed by atoms with Crippen molar-refractivity contribution < 1.29 is 44.7 Å². The zero-order chi connectivity index (χ0) is 28.8. The number of methoxy groups -OCH3 is 1. The van der Waals surface area contributed by atoms with Crippen LogP contribution in [0, 0.1) is 11.8 Å². The van der Waals surface area contributed by atoms with Crippen LogP contribution in [0.2, 0.25) is 0 Å². The predicted octanol–water partition coefficient (Wildman–Crippen LogP) is 0.802. The van der Waals surface area contributed by atoms with Crippen LogP contribution in [0.15, 0.2) is 23.0 Å². The van der Waals surface area contributed by atoms with Gasteiger partial charge in [0.1, 0.15) is 28.6 Å². The molecule has 6 atom stereocenters. The number of aromatic hydroxyl groups is 1. The average molecular weight is 531 g/mol. The van der Waals surface area contributed by atoms with Crippen molar-refractivity contribution in [3.8, 4) is 11.5 Å². The Labute approximate surface area is 219 Å². The van der Waals surface area contributed by atoms with Gasteiger partial charge in [-0.15, -0.1) is 0 Å². The number of nitrogens with two attached hydrogens (primary N) is 1. The molecular weight excluding hydrogens is 496 g/mol. The van der Waals surface area contributed by atoms with Crippen molar-refractivity contribution in [1.29, 1.82) is 0 Å². The van der Waals surface area contributed by atoms with Crippen LogP contribution in [0.25, 0.3) is 5.76 Å². The van der Waals surface area contributed by atoms with Crippen molar-refractivity contribution in [1.82, 2.24) is 4.90 Å². The Morgan fingerprint density at radius 3 is 2.21 bits per heavy atom. The first-order valence-electron chi connectivity index (χ1n) is 12.2. The molecule has 3 aliphatic carbocycles. The third-order valence-corrected chi connectivity index (χ3v) is 8.21. The summed E-state index contributed by atoms with van der Waals surface area (Å²) in [4.78, 5) is 40.8. The highest BCUT2D eigenvalue weighted by atomic mass is 16.5. The number of Topliss-reactive ketones (excluding diaryl/α,β-unsaturated/α-hetero) is 2. The Morgan fingerprint density at radius 1 is 1.16 bits per heavy atom. The summed E-state index contributed by atoms with van der Waals surface area (Å²) in [5, 5.41) is 57.2. The van der Waals surface area contributed by atoms with Crippen molar-refractivity contribution in [2.75, 3.05) is 21.2 Å². The number of ether oxygens (including phenoxy) is 1. The van der Waals surface area contributed by atoms with Crippen LogP contribution in [-0.4, -0.2) is 86.9 Å². The van der Waals surface area contributed by atoms with E-state index in [0.717, 1.165) is 0 Å². The number of aliphatic hydroxyl groups excluding tert-OH is 3. The van der Waals surface area contributed by atoms with E-state index in [1.807, 2.05) is 20.8 Å². The molecule has 1 aromatic rings. The molecule has 1 fully saturated rings. The average Bonchev–Trinajstić information content (AvgIpc) is 2.80. The summed E-state index contributed by atoms with van der Waals surface area (Å²) in [6.07, 6.45) is -1.67. The number of carbonyl (C=O) groups excluding carboxylic acids is 3. The number of amides is 1. The summed E-state index contributed by atoms with van der Waals surface area (Å²) >= 11 is 0. The highest BCUT2D eigenvalue weighted by Gasteiger charge is 2.68. The number of hydrogen-bond acceptors (Lipinski definition) is 10. The van der Waals surface area contributed by atoms with E-state index in [4.69, 9.17) is 10.5 Å². The lowest BCUT2D eigenvalue weighted by atomic mass is 9.54. The lowest BCUT2D eigenvalue weighted by Crippen LogP contribution is -2.70. The van der Waals surface area contributed by atoms with Crippen molar-refractivity contribution in [3.63, 3.8) is 0 Å². The van der Waals surface area contributed by atoms with Crippen molar-refractivity contribution in [2.24, 2.45) is 17.6 Å². The van der Waals surface area contributed by atoms with Gasteiger partial charge in [-0.05, 0) is 31.5 Å². The minimum atomic E-state index is -2.95. The first-order valence-corrected chi connectivity index (χ1v) is 12.2. The predicted molar refractivity (Wildman–Crippen MR) is 136 cm³/mol. The lowest BCUT2D eigenvalue weighted by Gasteiger charge is -2.53. The number of rotatable bonds is 3. The monoisotopic (exact) mass is 530 g/mol. The molecule has 0 radical (unpaired) electrons. The quantitative estimate of drug-likeness (QED) is 0.305. The van der Waals surface area contributed by atoms with Crippen molar-refractivity contribution >= 4 is 23.2 Å². The van der Waals surface area contributed by atoms with Crippen LogP contribution < -0.4 is 10.5 Å². The summed E-state index contributed by atoms with van der Waals surface area (Å²) in [5.41, 5.74) is 1.05. The molecule has 0 heterocycles. The van der Waals surface area contributed by atoms with E-state index >= 15 is 0 Å². The van der Waals surface area contributed by atoms with Crippen molar-refractivity contribution in [3.05, 3.63) is 39.7 Å². The van der Waals surface area contributed by atoms with E-state index in [9.17, 15) is 39.9 Å². The van der Waals surface area contributed by atoms with Gasteiger partial charge in [0.05, 0.1) is 30.7 Å². The summed E-state index contributed by atoms with van der Waals surface area (Å²) in [6.45, 7) is 7.18. The molecule has 38 heavy (non-hydrogen) atoms. The smallest absolute Gasteiger partial charge is 0.255 e. The zero-order valence-electron chi connectivity index (χ0n) is 22.4. The zero-order valence-corrected chi connectivity index (χ0v) is 22.4. The van der Waals surface area contributed by atoms with E-state index in [-0.39, 0.29) is 11.3 Å². The fraction of sp³-hybridized carbons (Fsp3) is 0.519. The Balaban J connectivity index is 2.11. The molecule has 0 aromatic heterocycles. The number of benzene rings is 1. The minimum absolute atomic E-state index is 0.0923. The van der Waals surface area contributed by atoms with Gasteiger partial charge in [-0.1, -0.05) is 27.7 Å². The first-order chi connectivity index (χ1) is 17.4. The van der Waals surface area contributed by atoms with Gasteiger partial charge in [0.15, 0.2) is 11.4 Å². The molecule has 1 amide bonds. The fourth-order valence-corrected chi connectivity index (χ4v) is 6.46. The van der Waals surface area contributed by atoms with Gasteiger partial charge in [-0.25, -0.2) is 0 Å². The maximum Gasteiger partial charge on any atom is 0.255 e. The molecule has 1 saturated carbocycles. The number of ketones is 2. The Bertz CT molecular complexity index is 1340. The molecule has 0 spiro atoms. The van der Waals surface area contributed by atoms with Gasteiger partial charge in [0.25, 0.3) is 5.91 Å². The Kier molecular flexibility index (Phi) is 6.22. The normalized spacial score (nSPS) is 31.3. The molecule has 0 aliphatic heterocycles. The van der Waals surface area contributed by atoms with E-state index < -0.39 is 81.1 Å². The van der Waals surface area contributed by atoms with E-state index in [1.54, 1.807) is 13.0 Å². The summed E-state index contributed by atoms with van der Waals surface area (Å²) in [6, 6.07) is 0.227. The third kappa shape index (κ3) is 3.35. The highest BCUT2D eigenvalue weighted by Crippen LogP contribution is 2.58. The number of primary amides is 1. The number of fused-ring (bicyclic) bond motifs is 3. The second-order valence-corrected chi connectivity index (χ2v) is 11.6. The summed E-state index contributed by atoms with van der Waals surface area (Å²) < 4.78 is 5.60. The molecule has 7 N–H and O–H groups in total. The molecule has 206 valence electrons. The molecule has 3 aliphatic rings. The van der Waals surface area contributed by atoms with Crippen molar-refractivity contribution in [2.45, 2.75) is 56.8 Å². The van der Waals surface area contributed by atoms with Gasteiger partial charge in [-0.2, -0.15) is 0 Å². The maximum absolute atomic E-state index is 14.1. The molecule has 0 bridgehead atoms. The number of phenols is 1. The molecular formula is C27H34N2O9. The summed E-state index contributed by atoms with van der Waals surface area (Å²) in [5.74, 6) is -9.00. The standard InChI is InChI=1S/C27H34N2O9/c1-9-12-11(38-7)8-10(26(2,3)4)19(30)14(12)20(31)15-13(9)21(32)17-18(29(5)6)22(33)16(25(28)36)24(35)27(17,37)23(15)34/h8-9,13,17-18,21,30-32,35,37H,1-7H3,(H2,28,36)/t9-,13+,17+,18-,21-,27-/m1/s1. The fourth-order valence-electron chi connectivity index (χ4n) is 6.46. The second-order valence-electron chi connectivity index (χ2n) is 11.6. The number of phenolic OH excluding ortho intramolecular Hbond substituents is 1. The topological polar surface area (TPSA) is 191 Å². The summed E-state index contributed by atoms with van der Waals surface area (Å²) in [7, 11) is 4.33. The lowest BCUT2D eigenvalue weighted by molar-refractivity contribution is -0.169.